The highest BCUT2D eigenvalue weighted by Crippen LogP contribution is 2.25. The van der Waals surface area contributed by atoms with Gasteiger partial charge in [0.25, 0.3) is 5.91 Å². The van der Waals surface area contributed by atoms with E-state index in [9.17, 15) is 9.59 Å². The van der Waals surface area contributed by atoms with Gasteiger partial charge in [-0.25, -0.2) is 4.79 Å². The van der Waals surface area contributed by atoms with Crippen LogP contribution >= 0.6 is 11.6 Å². The zero-order chi connectivity index (χ0) is 19.1. The van der Waals surface area contributed by atoms with Gasteiger partial charge in [0.05, 0.1) is 24.8 Å². The highest BCUT2D eigenvalue weighted by molar-refractivity contribution is 6.32. The molecule has 1 N–H and O–H groups in total. The summed E-state index contributed by atoms with van der Waals surface area (Å²) in [6.45, 7) is -0.494. The summed E-state index contributed by atoms with van der Waals surface area (Å²) >= 11 is 5.90. The minimum atomic E-state index is -0.711. The van der Waals surface area contributed by atoms with Crippen molar-refractivity contribution in [3.05, 3.63) is 52.5 Å². The maximum absolute atomic E-state index is 12.1. The topological polar surface area (TPSA) is 97.6 Å². The van der Waals surface area contributed by atoms with E-state index in [0.29, 0.717) is 17.0 Å². The average Bonchev–Trinajstić information content (AvgIpc) is 2.65. The molecule has 2 rings (SSSR count). The van der Waals surface area contributed by atoms with Crippen molar-refractivity contribution in [1.29, 1.82) is 5.26 Å². The van der Waals surface area contributed by atoms with E-state index in [4.69, 9.17) is 31.1 Å². The van der Waals surface area contributed by atoms with Crippen LogP contribution in [0.3, 0.4) is 0 Å². The molecule has 0 fully saturated rings. The lowest BCUT2D eigenvalue weighted by atomic mass is 10.2. The number of amides is 1. The van der Waals surface area contributed by atoms with Crippen LogP contribution in [0, 0.1) is 11.3 Å². The van der Waals surface area contributed by atoms with Crippen LogP contribution in [-0.4, -0.2) is 32.7 Å². The van der Waals surface area contributed by atoms with Crippen molar-refractivity contribution in [2.75, 3.05) is 26.1 Å². The number of hydrogen-bond donors (Lipinski definition) is 1. The highest BCUT2D eigenvalue weighted by Gasteiger charge is 2.16. The standard InChI is InChI=1S/C18H15ClN2O5/c1-24-13-5-6-14(16(8-13)25-2)18(23)26-10-17(22)21-12-4-3-11(9-20)15(19)7-12/h3-8H,10H2,1-2H3,(H,21,22). The van der Waals surface area contributed by atoms with Crippen molar-refractivity contribution in [2.45, 2.75) is 0 Å². The average molecular weight is 375 g/mol. The monoisotopic (exact) mass is 374 g/mol. The molecule has 8 heteroatoms. The molecule has 0 aliphatic carbocycles. The van der Waals surface area contributed by atoms with Crippen molar-refractivity contribution in [3.8, 4) is 17.6 Å². The molecule has 7 nitrogen and oxygen atoms in total. The van der Waals surface area contributed by atoms with Crippen molar-refractivity contribution >= 4 is 29.2 Å². The van der Waals surface area contributed by atoms with Crippen molar-refractivity contribution in [1.82, 2.24) is 0 Å². The summed E-state index contributed by atoms with van der Waals surface area (Å²) in [5, 5.41) is 11.6. The molecule has 0 radical (unpaired) electrons. The molecular formula is C18H15ClN2O5. The second-order valence-corrected chi connectivity index (χ2v) is 5.40. The normalized spacial score (nSPS) is 9.77. The Bertz CT molecular complexity index is 876. The highest BCUT2D eigenvalue weighted by atomic mass is 35.5. The van der Waals surface area contributed by atoms with Crippen molar-refractivity contribution < 1.29 is 23.8 Å². The van der Waals surface area contributed by atoms with E-state index in [1.807, 2.05) is 6.07 Å². The summed E-state index contributed by atoms with van der Waals surface area (Å²) in [4.78, 5) is 24.1. The quantitative estimate of drug-likeness (QED) is 0.780. The smallest absolute Gasteiger partial charge is 0.342 e. The summed E-state index contributed by atoms with van der Waals surface area (Å²) in [5.41, 5.74) is 0.849. The minimum absolute atomic E-state index is 0.169. The molecule has 26 heavy (non-hydrogen) atoms. The van der Waals surface area contributed by atoms with Crippen LogP contribution in [0.5, 0.6) is 11.5 Å². The first-order valence-corrected chi connectivity index (χ1v) is 7.75. The van der Waals surface area contributed by atoms with Crippen LogP contribution in [-0.2, 0) is 9.53 Å². The van der Waals surface area contributed by atoms with Gasteiger partial charge in [0.1, 0.15) is 23.1 Å². The molecule has 2 aromatic rings. The summed E-state index contributed by atoms with van der Waals surface area (Å²) in [7, 11) is 2.90. The van der Waals surface area contributed by atoms with Gasteiger partial charge in [-0.05, 0) is 30.3 Å². The Morgan fingerprint density at radius 2 is 1.92 bits per heavy atom. The fraction of sp³-hybridized carbons (Fsp3) is 0.167. The zero-order valence-electron chi connectivity index (χ0n) is 14.0. The van der Waals surface area contributed by atoms with Crippen molar-refractivity contribution in [2.24, 2.45) is 0 Å². The van der Waals surface area contributed by atoms with E-state index in [2.05, 4.69) is 5.32 Å². The Morgan fingerprint density at radius 1 is 1.15 bits per heavy atom. The van der Waals surface area contributed by atoms with E-state index >= 15 is 0 Å². The zero-order valence-corrected chi connectivity index (χ0v) is 14.8. The Labute approximate surface area is 155 Å². The van der Waals surface area contributed by atoms with Gasteiger partial charge in [0.15, 0.2) is 6.61 Å². The Balaban J connectivity index is 1.98. The van der Waals surface area contributed by atoms with Gasteiger partial charge < -0.3 is 19.5 Å². The number of ether oxygens (including phenoxy) is 3. The molecule has 0 aromatic heterocycles. The molecule has 0 heterocycles. The Hall–Kier alpha value is -3.24. The van der Waals surface area contributed by atoms with Crippen molar-refractivity contribution in [3.63, 3.8) is 0 Å². The van der Waals surface area contributed by atoms with Crippen LogP contribution in [0.1, 0.15) is 15.9 Å². The summed E-state index contributed by atoms with van der Waals surface area (Å²) in [5.74, 6) is -0.466. The van der Waals surface area contributed by atoms with Gasteiger partial charge in [-0.1, -0.05) is 11.6 Å². The number of esters is 1. The predicted octanol–water partition coefficient (Wildman–Crippen LogP) is 3.02. The first-order valence-electron chi connectivity index (χ1n) is 7.37. The van der Waals surface area contributed by atoms with Gasteiger partial charge in [0, 0.05) is 11.8 Å². The van der Waals surface area contributed by atoms with Gasteiger partial charge in [-0.3, -0.25) is 4.79 Å². The van der Waals surface area contributed by atoms with Gasteiger partial charge in [-0.15, -0.1) is 0 Å². The number of hydrogen-bond acceptors (Lipinski definition) is 6. The number of carbonyl (C=O) groups is 2. The number of halogens is 1. The maximum Gasteiger partial charge on any atom is 0.342 e. The molecule has 0 unspecified atom stereocenters. The number of nitriles is 1. The molecule has 0 bridgehead atoms. The molecule has 0 aliphatic rings. The maximum atomic E-state index is 12.1. The molecule has 0 aliphatic heterocycles. The van der Waals surface area contributed by atoms with E-state index in [0.717, 1.165) is 0 Å². The third kappa shape index (κ3) is 4.65. The fourth-order valence-corrected chi connectivity index (χ4v) is 2.28. The second-order valence-electron chi connectivity index (χ2n) is 5.00. The number of methoxy groups -OCH3 is 2. The summed E-state index contributed by atoms with van der Waals surface area (Å²) in [6, 6.07) is 11.0. The van der Waals surface area contributed by atoms with Gasteiger partial charge in [0.2, 0.25) is 0 Å². The SMILES string of the molecule is COc1ccc(C(=O)OCC(=O)Nc2ccc(C#N)c(Cl)c2)c(OC)c1. The fourth-order valence-electron chi connectivity index (χ4n) is 2.06. The van der Waals surface area contributed by atoms with E-state index < -0.39 is 18.5 Å². The Kier molecular flexibility index (Phi) is 6.42. The van der Waals surface area contributed by atoms with Gasteiger partial charge >= 0.3 is 5.97 Å². The van der Waals surface area contributed by atoms with Crippen LogP contribution in [0.25, 0.3) is 0 Å². The predicted molar refractivity (Wildman–Crippen MR) is 94.6 cm³/mol. The molecule has 0 saturated heterocycles. The lowest BCUT2D eigenvalue weighted by Crippen LogP contribution is -2.21. The molecule has 0 spiro atoms. The van der Waals surface area contributed by atoms with Crippen LogP contribution in [0.2, 0.25) is 5.02 Å². The second kappa shape index (κ2) is 8.74. The van der Waals surface area contributed by atoms with Crippen LogP contribution in [0.15, 0.2) is 36.4 Å². The number of carbonyl (C=O) groups excluding carboxylic acids is 2. The first-order chi connectivity index (χ1) is 12.5. The molecule has 0 saturated carbocycles. The summed E-state index contributed by atoms with van der Waals surface area (Å²) < 4.78 is 15.2. The van der Waals surface area contributed by atoms with E-state index in [-0.39, 0.29) is 16.3 Å². The molecular weight excluding hydrogens is 360 g/mol. The summed E-state index contributed by atoms with van der Waals surface area (Å²) in [6.07, 6.45) is 0. The Morgan fingerprint density at radius 3 is 2.54 bits per heavy atom. The lowest BCUT2D eigenvalue weighted by Gasteiger charge is -2.10. The lowest BCUT2D eigenvalue weighted by molar-refractivity contribution is -0.119. The molecule has 2 aromatic carbocycles. The van der Waals surface area contributed by atoms with E-state index in [1.54, 1.807) is 6.07 Å². The largest absolute Gasteiger partial charge is 0.497 e. The van der Waals surface area contributed by atoms with Crippen LogP contribution < -0.4 is 14.8 Å². The first kappa shape index (κ1) is 19.1. The number of rotatable bonds is 6. The molecule has 0 atom stereocenters. The number of anilines is 1. The number of nitrogens with zero attached hydrogens (tertiary/aromatic N) is 1. The number of nitrogens with one attached hydrogen (secondary N) is 1. The van der Waals surface area contributed by atoms with E-state index in [1.165, 1.54) is 44.6 Å². The van der Waals surface area contributed by atoms with Crippen LogP contribution in [0.4, 0.5) is 5.69 Å². The minimum Gasteiger partial charge on any atom is -0.497 e. The molecule has 134 valence electrons. The molecule has 1 amide bonds. The third-order valence-corrected chi connectivity index (χ3v) is 3.65. The third-order valence-electron chi connectivity index (χ3n) is 3.34. The van der Waals surface area contributed by atoms with Gasteiger partial charge in [-0.2, -0.15) is 5.26 Å². The number of benzene rings is 2.